The topological polar surface area (TPSA) is 336 Å². The van der Waals surface area contributed by atoms with E-state index >= 15 is 0 Å². The molecule has 10 bridgehead atoms. The number of pyridine rings is 4. The molecule has 8 atom stereocenters. The number of anilines is 5. The molecule has 34 nitrogen and oxygen atoms in total. The van der Waals surface area contributed by atoms with E-state index in [0.717, 1.165) is 220 Å². The van der Waals surface area contributed by atoms with Crippen LogP contribution >= 0.6 is 0 Å². The average molecular weight is 2000 g/mol. The Morgan fingerprint density at radius 1 is 0.381 bits per heavy atom. The molecule has 147 heavy (non-hydrogen) atoms. The Morgan fingerprint density at radius 3 is 1.19 bits per heavy atom. The van der Waals surface area contributed by atoms with E-state index in [1.807, 2.05) is 81.6 Å². The Labute approximate surface area is 835 Å². The van der Waals surface area contributed by atoms with E-state index in [-0.39, 0.29) is 75.9 Å². The quantitative estimate of drug-likeness (QED) is 0.0607. The number of alkyl halides is 3. The van der Waals surface area contributed by atoms with E-state index in [0.29, 0.717) is 98.4 Å². The highest BCUT2D eigenvalue weighted by Crippen LogP contribution is 2.68. The van der Waals surface area contributed by atoms with Crippen molar-refractivity contribution in [1.29, 1.82) is 0 Å². The van der Waals surface area contributed by atoms with Crippen molar-refractivity contribution in [1.82, 2.24) is 120 Å². The first-order chi connectivity index (χ1) is 71.0. The molecule has 10 fully saturated rings. The Bertz CT molecular complexity index is 7830. The number of aromatic nitrogens is 19. The molecule has 15 aliphatic rings. The van der Waals surface area contributed by atoms with Gasteiger partial charge in [-0.25, -0.2) is 88.8 Å². The van der Waals surface area contributed by atoms with E-state index in [1.165, 1.54) is 41.2 Å². The predicted octanol–water partition coefficient (Wildman–Crippen LogP) is 14.5. The van der Waals surface area contributed by atoms with Gasteiger partial charge in [-0.05, 0) is 200 Å². The minimum atomic E-state index is -3.43. The Kier molecular flexibility index (Phi) is 20.7. The van der Waals surface area contributed by atoms with E-state index in [2.05, 4.69) is 129 Å². The van der Waals surface area contributed by atoms with Crippen molar-refractivity contribution >= 4 is 85.8 Å². The fourth-order valence-electron chi connectivity index (χ4n) is 24.1. The van der Waals surface area contributed by atoms with Crippen LogP contribution < -0.4 is 70.0 Å². The highest BCUT2D eigenvalue weighted by atomic mass is 19.3. The van der Waals surface area contributed by atoms with Crippen molar-refractivity contribution in [3.8, 4) is 23.4 Å². The van der Waals surface area contributed by atoms with Crippen molar-refractivity contribution < 1.29 is 59.2 Å². The van der Waals surface area contributed by atoms with Crippen LogP contribution in [0.2, 0.25) is 0 Å². The van der Waals surface area contributed by atoms with Crippen LogP contribution in [0.5, 0.6) is 23.4 Å². The van der Waals surface area contributed by atoms with Crippen molar-refractivity contribution in [3.05, 3.63) is 283 Å². The van der Waals surface area contributed by atoms with Gasteiger partial charge in [-0.1, -0.05) is 32.9 Å². The van der Waals surface area contributed by atoms with Crippen LogP contribution in [-0.4, -0.2) is 188 Å². The molecule has 0 amide bonds. The maximum absolute atomic E-state index is 14.6. The molecule has 7 spiro atoms. The first kappa shape index (κ1) is 91.2. The van der Waals surface area contributed by atoms with E-state index in [9.17, 15) is 40.2 Å². The summed E-state index contributed by atoms with van der Waals surface area (Å²) in [6.45, 7) is 21.8. The first-order valence-electron chi connectivity index (χ1n) is 49.5. The van der Waals surface area contributed by atoms with Crippen LogP contribution in [0.15, 0.2) is 192 Å². The van der Waals surface area contributed by atoms with Crippen molar-refractivity contribution in [2.45, 2.75) is 166 Å². The number of aliphatic hydroxyl groups is 1. The maximum Gasteiger partial charge on any atom is 0.357 e. The van der Waals surface area contributed by atoms with Gasteiger partial charge in [0.05, 0.1) is 117 Å². The zero-order chi connectivity index (χ0) is 100. The first-order valence-corrected chi connectivity index (χ1v) is 49.5. The molecule has 22 heterocycles. The number of ether oxygens (including phenoxy) is 4. The minimum Gasteiger partial charge on any atom is -0.491 e. The molecular formula is C105H101F8N29O5. The number of hydrogen-bond donors (Lipinski definition) is 6. The van der Waals surface area contributed by atoms with Gasteiger partial charge in [-0.15, -0.1) is 0 Å². The smallest absolute Gasteiger partial charge is 0.357 e. The zero-order valence-corrected chi connectivity index (χ0v) is 80.2. The van der Waals surface area contributed by atoms with Crippen molar-refractivity contribution in [2.24, 2.45) is 17.8 Å². The van der Waals surface area contributed by atoms with Gasteiger partial charge in [-0.3, -0.25) is 4.98 Å². The second kappa shape index (κ2) is 33.4. The van der Waals surface area contributed by atoms with Gasteiger partial charge in [0.1, 0.15) is 83.7 Å². The summed E-state index contributed by atoms with van der Waals surface area (Å²) < 4.78 is 146. The monoisotopic (exact) mass is 2000 g/mol. The number of fused-ring (bicyclic) bond motifs is 15. The molecular weight excluding hydrogens is 1900 g/mol. The third-order valence-electron chi connectivity index (χ3n) is 32.6. The number of rotatable bonds is 0. The fourth-order valence-corrected chi connectivity index (χ4v) is 24.1. The molecule has 752 valence electrons. The van der Waals surface area contributed by atoms with Gasteiger partial charge < -0.3 is 75.1 Å². The number of aliphatic hydroxyl groups excluding tert-OH is 1. The number of piperidine rings is 3. The number of nitrogens with zero attached hydrogens (tertiary/aromatic N) is 24. The molecule has 0 radical (unpaired) electrons. The van der Waals surface area contributed by atoms with Crippen LogP contribution in [0, 0.1) is 46.8 Å². The molecule has 1 aromatic carbocycles. The predicted molar refractivity (Wildman–Crippen MR) is 528 cm³/mol. The van der Waals surface area contributed by atoms with Crippen LogP contribution in [0.25, 0.3) is 56.7 Å². The molecule has 7 saturated carbocycles. The number of hydrogen-bond acceptors (Lipinski definition) is 29. The van der Waals surface area contributed by atoms with E-state index < -0.39 is 53.7 Å². The average Bonchev–Trinajstić information content (AvgIpc) is 1.52. The fraction of sp³-hybridized carbons (Fsp3) is 0.371. The van der Waals surface area contributed by atoms with Crippen molar-refractivity contribution in [3.63, 3.8) is 0 Å². The highest BCUT2D eigenvalue weighted by molar-refractivity contribution is 5.80. The lowest BCUT2D eigenvalue weighted by atomic mass is 9.77. The van der Waals surface area contributed by atoms with Gasteiger partial charge in [0.2, 0.25) is 23.9 Å². The molecule has 42 heteroatoms. The lowest BCUT2D eigenvalue weighted by Gasteiger charge is -2.43. The van der Waals surface area contributed by atoms with Crippen LogP contribution in [0.3, 0.4) is 0 Å². The minimum absolute atomic E-state index is 0.0150. The van der Waals surface area contributed by atoms with E-state index in [4.69, 9.17) is 43.9 Å². The van der Waals surface area contributed by atoms with E-state index in [1.54, 1.807) is 54.9 Å². The summed E-state index contributed by atoms with van der Waals surface area (Å²) in [6.07, 6.45) is 35.9. The standard InChI is InChI=1S/C23H24FN5O.C22H23FN6.C20H17F3N6O.C20H18F2N6O.C20H19FN6O2/c1-15-17-13-25-29-11-6-20(26-21(17)29)28(2)23(9-10-23)18-12-16(24)4-5-19(18)30-14-22(27-15)7-3-8-22;1-14-16-13-25-29-10-4-19(26-20(16)29)28(2)22(8-9-22)17-11-15(23)12-24-18(17)3-5-21(27-14)6-7-21;1-11-14-9-25-29-5-3-16(26-17(14)29)28-4-2-12-7-19(12,28)15-6-13(21)8-24-18(15)30-10-20(22,23)27-11;1-11-14-9-24-28-5-3-17(26-18(14)28)27-4-2-12-7-20(12,27)15-6-13(21)8-23-19(15)29-10-16(22)25-11;1-11-14-9-23-27-5-3-16(25-18(14)27)26-4-2-12-7-20(12,26)15-6-13(21)8-22-19(15)29-10-17(28)24-11/h4-6,11-13,27H,1,3,7-10,14H2,2H3;4,10-13,27H,1,3,5-9H2,2H3;3,5-6,8-9,12,27H,1-2,4,7,10H2;3,5-6,8-9,12,16,25H,1-2,4,7,10H2;3,5-6,8-9,12,17,24,28H,1-2,4,7,10H2/t;;12-,19+;12-,16?,20+;12-,17?,20+/m..000/s1. The molecule has 14 aromatic heterocycles. The lowest BCUT2D eigenvalue weighted by Crippen LogP contribution is -2.54. The summed E-state index contributed by atoms with van der Waals surface area (Å²) in [7, 11) is 4.07. The van der Waals surface area contributed by atoms with Gasteiger partial charge in [-0.2, -0.15) is 34.3 Å². The number of nitrogens with one attached hydrogen (secondary N) is 5. The lowest BCUT2D eigenvalue weighted by molar-refractivity contribution is -0.0580. The molecule has 6 N–H and O–H groups in total. The summed E-state index contributed by atoms with van der Waals surface area (Å²) in [4.78, 5) is 51.9. The number of halogens is 8. The van der Waals surface area contributed by atoms with Gasteiger partial charge in [0.25, 0.3) is 0 Å². The van der Waals surface area contributed by atoms with Crippen LogP contribution in [0.1, 0.15) is 164 Å². The molecule has 15 aromatic rings. The molecule has 7 aliphatic carbocycles. The van der Waals surface area contributed by atoms with Crippen LogP contribution in [-0.2, 0) is 34.1 Å². The van der Waals surface area contributed by atoms with Gasteiger partial charge >= 0.3 is 6.05 Å². The summed E-state index contributed by atoms with van der Waals surface area (Å²) in [5, 5.41) is 47.1. The Balaban J connectivity index is 0.0000000932. The Hall–Kier alpha value is -15.8. The summed E-state index contributed by atoms with van der Waals surface area (Å²) in [5.74, 6) is 4.37. The summed E-state index contributed by atoms with van der Waals surface area (Å²) in [5.41, 5.74) is 11.9. The Morgan fingerprint density at radius 2 is 0.762 bits per heavy atom. The maximum atomic E-state index is 14.6. The summed E-state index contributed by atoms with van der Waals surface area (Å²) >= 11 is 0. The third-order valence-corrected chi connectivity index (χ3v) is 32.6. The third kappa shape index (κ3) is 15.2. The highest BCUT2D eigenvalue weighted by Gasteiger charge is 2.68. The summed E-state index contributed by atoms with van der Waals surface area (Å²) in [6, 6.07) is 17.0. The largest absolute Gasteiger partial charge is 0.491 e. The molecule has 8 aliphatic heterocycles. The number of benzene rings is 1. The van der Waals surface area contributed by atoms with Crippen LogP contribution in [0.4, 0.5) is 64.2 Å². The number of aryl methyl sites for hydroxylation is 1. The van der Waals surface area contributed by atoms with Gasteiger partial charge in [0, 0.05) is 132 Å². The van der Waals surface area contributed by atoms with Crippen molar-refractivity contribution in [2.75, 3.05) is 84.7 Å². The molecule has 30 rings (SSSR count). The molecule has 2 unspecified atom stereocenters. The second-order valence-electron chi connectivity index (χ2n) is 41.2. The SMILES string of the molecule is C=C1NC(F)(F)COc2ncc(F)cc2[C@@]23C[C@@H]2CCN3c2ccn3ncc1c3n2.C=C1NC(F)COc2ncc(F)cc2[C@@]23C[C@@H]2CCN3c2ccn3ncc1c3n2.C=C1NC(O)COc2ncc(F)cc2[C@@]23C[C@@H]2CCN3c2ccn3ncc1c3n2.C=C1NC2(CCC2)COc2ccc(F)cc2C2(CC2)N(C)c2ccn3ncc1c3n2.C=C1NC2(CCc3ncc(F)cc3C3(CC3)N(C)c3ccn4ncc1c4n3)CC2. The van der Waals surface area contributed by atoms with Gasteiger partial charge in [0.15, 0.2) is 41.1 Å². The normalized spacial score (nSPS) is 25.0. The zero-order valence-electron chi connectivity index (χ0n) is 80.2. The molecule has 3 saturated heterocycles. The second-order valence-corrected chi connectivity index (χ2v) is 41.2.